The van der Waals surface area contributed by atoms with E-state index in [1.54, 1.807) is 0 Å². The van der Waals surface area contributed by atoms with E-state index in [4.69, 9.17) is 0 Å². The van der Waals surface area contributed by atoms with E-state index in [0.717, 1.165) is 18.4 Å². The molecule has 0 atom stereocenters. The van der Waals surface area contributed by atoms with Gasteiger partial charge in [0.2, 0.25) is 0 Å². The summed E-state index contributed by atoms with van der Waals surface area (Å²) < 4.78 is 12.7. The first-order valence-electron chi connectivity index (χ1n) is 4.56. The minimum atomic E-state index is -0.192. The van der Waals surface area contributed by atoms with E-state index in [2.05, 4.69) is 22.4 Å². The second kappa shape index (κ2) is 3.60. The average molecular weight is 207 g/mol. The number of rotatable bonds is 3. The summed E-state index contributed by atoms with van der Waals surface area (Å²) in [4.78, 5) is 3.98. The van der Waals surface area contributed by atoms with E-state index in [9.17, 15) is 4.39 Å². The molecule has 0 saturated heterocycles. The van der Waals surface area contributed by atoms with Gasteiger partial charge in [-0.2, -0.15) is 0 Å². The van der Waals surface area contributed by atoms with Crippen molar-refractivity contribution in [3.05, 3.63) is 35.6 Å². The van der Waals surface area contributed by atoms with Crippen molar-refractivity contribution in [1.29, 1.82) is 0 Å². The Bertz CT molecular complexity index is 375. The Morgan fingerprint density at radius 3 is 2.50 bits per heavy atom. The highest BCUT2D eigenvalue weighted by atomic mass is 32.1. The van der Waals surface area contributed by atoms with Crippen LogP contribution in [0.1, 0.15) is 18.4 Å². The van der Waals surface area contributed by atoms with Crippen molar-refractivity contribution in [2.45, 2.75) is 18.3 Å². The lowest BCUT2D eigenvalue weighted by Crippen LogP contribution is -2.10. The topological polar surface area (TPSA) is 12.4 Å². The molecule has 1 aromatic rings. The molecule has 0 bridgehead atoms. The standard InChI is InChI=1S/C11H10FNS/c12-10-3-1-9(2-4-10)11(5-6-11)7-13-8-14/h1-4H,5-7H2. The summed E-state index contributed by atoms with van der Waals surface area (Å²) in [6.45, 7) is 0.683. The maximum Gasteiger partial charge on any atom is 0.123 e. The number of aliphatic imine (C=N–C) groups is 1. The van der Waals surface area contributed by atoms with Crippen LogP contribution in [-0.2, 0) is 5.41 Å². The third-order valence-electron chi connectivity index (χ3n) is 2.76. The van der Waals surface area contributed by atoms with Gasteiger partial charge in [-0.15, -0.1) is 0 Å². The highest BCUT2D eigenvalue weighted by Crippen LogP contribution is 2.48. The largest absolute Gasteiger partial charge is 0.232 e. The van der Waals surface area contributed by atoms with E-state index in [1.807, 2.05) is 12.1 Å². The molecular formula is C11H10FNS. The van der Waals surface area contributed by atoms with Gasteiger partial charge in [-0.25, -0.2) is 9.38 Å². The lowest BCUT2D eigenvalue weighted by atomic mass is 9.96. The Hall–Kier alpha value is -1.05. The number of nitrogens with zero attached hydrogens (tertiary/aromatic N) is 1. The SMILES string of the molecule is Fc1ccc(C2(CN=C=S)CC2)cc1. The van der Waals surface area contributed by atoms with Gasteiger partial charge in [0.1, 0.15) is 5.82 Å². The van der Waals surface area contributed by atoms with Crippen molar-refractivity contribution in [1.82, 2.24) is 0 Å². The van der Waals surface area contributed by atoms with E-state index in [-0.39, 0.29) is 11.2 Å². The van der Waals surface area contributed by atoms with Crippen molar-refractivity contribution in [2.24, 2.45) is 4.99 Å². The fraction of sp³-hybridized carbons (Fsp3) is 0.364. The molecule has 0 aromatic heterocycles. The van der Waals surface area contributed by atoms with Crippen LogP contribution in [0.3, 0.4) is 0 Å². The lowest BCUT2D eigenvalue weighted by molar-refractivity contribution is 0.623. The third-order valence-corrected chi connectivity index (χ3v) is 2.89. The number of benzene rings is 1. The molecule has 3 heteroatoms. The molecule has 1 aliphatic carbocycles. The van der Waals surface area contributed by atoms with E-state index < -0.39 is 0 Å². The molecule has 1 aromatic carbocycles. The lowest BCUT2D eigenvalue weighted by Gasteiger charge is -2.11. The van der Waals surface area contributed by atoms with Gasteiger partial charge in [-0.05, 0) is 42.8 Å². The van der Waals surface area contributed by atoms with Crippen molar-refractivity contribution in [3.63, 3.8) is 0 Å². The van der Waals surface area contributed by atoms with E-state index in [1.165, 1.54) is 12.1 Å². The molecule has 14 heavy (non-hydrogen) atoms. The Balaban J connectivity index is 2.21. The van der Waals surface area contributed by atoms with Crippen molar-refractivity contribution >= 4 is 17.4 Å². The van der Waals surface area contributed by atoms with Gasteiger partial charge in [-0.1, -0.05) is 12.1 Å². The molecule has 0 aliphatic heterocycles. The van der Waals surface area contributed by atoms with Crippen LogP contribution in [-0.4, -0.2) is 11.7 Å². The summed E-state index contributed by atoms with van der Waals surface area (Å²) in [6.07, 6.45) is 2.22. The zero-order valence-electron chi connectivity index (χ0n) is 7.66. The third kappa shape index (κ3) is 1.74. The van der Waals surface area contributed by atoms with Crippen LogP contribution in [0.4, 0.5) is 4.39 Å². The summed E-state index contributed by atoms with van der Waals surface area (Å²) in [5.74, 6) is -0.192. The monoisotopic (exact) mass is 207 g/mol. The molecule has 0 amide bonds. The van der Waals surface area contributed by atoms with Crippen LogP contribution in [0.25, 0.3) is 0 Å². The molecule has 1 fully saturated rings. The van der Waals surface area contributed by atoms with Crippen LogP contribution in [0.5, 0.6) is 0 Å². The Morgan fingerprint density at radius 1 is 1.36 bits per heavy atom. The minimum Gasteiger partial charge on any atom is -0.232 e. The van der Waals surface area contributed by atoms with E-state index >= 15 is 0 Å². The number of isothiocyanates is 1. The first-order chi connectivity index (χ1) is 6.77. The molecule has 2 rings (SSSR count). The van der Waals surface area contributed by atoms with Crippen LogP contribution < -0.4 is 0 Å². The normalized spacial score (nSPS) is 17.2. The van der Waals surface area contributed by atoms with Crippen LogP contribution >= 0.6 is 12.2 Å². The van der Waals surface area contributed by atoms with Crippen molar-refractivity contribution in [3.8, 4) is 0 Å². The Labute approximate surface area is 87.7 Å². The second-order valence-corrected chi connectivity index (χ2v) is 3.88. The molecule has 1 aliphatic rings. The molecular weight excluding hydrogens is 197 g/mol. The predicted octanol–water partition coefficient (Wildman–Crippen LogP) is 2.96. The molecule has 0 heterocycles. The first kappa shape index (κ1) is 9.50. The number of hydrogen-bond donors (Lipinski definition) is 0. The van der Waals surface area contributed by atoms with Gasteiger partial charge in [-0.3, -0.25) is 0 Å². The zero-order valence-corrected chi connectivity index (χ0v) is 8.48. The Kier molecular flexibility index (Phi) is 2.44. The molecule has 1 saturated carbocycles. The summed E-state index contributed by atoms with van der Waals surface area (Å²) >= 11 is 4.54. The Morgan fingerprint density at radius 2 is 2.00 bits per heavy atom. The number of halogens is 1. The fourth-order valence-electron chi connectivity index (χ4n) is 1.68. The molecule has 0 radical (unpaired) electrons. The van der Waals surface area contributed by atoms with Crippen LogP contribution in [0.2, 0.25) is 0 Å². The van der Waals surface area contributed by atoms with Crippen molar-refractivity contribution < 1.29 is 4.39 Å². The predicted molar refractivity (Wildman–Crippen MR) is 57.2 cm³/mol. The van der Waals surface area contributed by atoms with Crippen LogP contribution in [0, 0.1) is 5.82 Å². The minimum absolute atomic E-state index is 0.125. The summed E-state index contributed by atoms with van der Waals surface area (Å²) in [5, 5.41) is 2.38. The number of hydrogen-bond acceptors (Lipinski definition) is 2. The summed E-state index contributed by atoms with van der Waals surface area (Å²) in [7, 11) is 0. The first-order valence-corrected chi connectivity index (χ1v) is 4.97. The zero-order chi connectivity index (χ0) is 10.0. The fourth-order valence-corrected chi connectivity index (χ4v) is 1.74. The molecule has 1 nitrogen and oxygen atoms in total. The highest BCUT2D eigenvalue weighted by molar-refractivity contribution is 7.78. The van der Waals surface area contributed by atoms with Gasteiger partial charge >= 0.3 is 0 Å². The van der Waals surface area contributed by atoms with Crippen LogP contribution in [0.15, 0.2) is 29.3 Å². The number of thiocarbonyl (C=S) groups is 1. The smallest absolute Gasteiger partial charge is 0.123 e. The molecule has 0 N–H and O–H groups in total. The van der Waals surface area contributed by atoms with Gasteiger partial charge in [0.25, 0.3) is 0 Å². The van der Waals surface area contributed by atoms with Gasteiger partial charge < -0.3 is 0 Å². The molecule has 0 spiro atoms. The highest BCUT2D eigenvalue weighted by Gasteiger charge is 2.43. The molecule has 0 unspecified atom stereocenters. The maximum atomic E-state index is 12.7. The van der Waals surface area contributed by atoms with Gasteiger partial charge in [0.15, 0.2) is 0 Å². The second-order valence-electron chi connectivity index (χ2n) is 3.69. The summed E-state index contributed by atoms with van der Waals surface area (Å²) in [5.41, 5.74) is 1.28. The molecule has 72 valence electrons. The maximum absolute atomic E-state index is 12.7. The quantitative estimate of drug-likeness (QED) is 0.548. The van der Waals surface area contributed by atoms with Gasteiger partial charge in [0, 0.05) is 5.41 Å². The van der Waals surface area contributed by atoms with Gasteiger partial charge in [0.05, 0.1) is 11.7 Å². The van der Waals surface area contributed by atoms with Crippen molar-refractivity contribution in [2.75, 3.05) is 6.54 Å². The average Bonchev–Trinajstić information content (AvgIpc) is 2.97. The van der Waals surface area contributed by atoms with E-state index in [0.29, 0.717) is 6.54 Å². The summed E-state index contributed by atoms with van der Waals surface area (Å²) in [6, 6.07) is 6.66.